The van der Waals surface area contributed by atoms with Crippen LogP contribution in [-0.4, -0.2) is 39.1 Å². The van der Waals surface area contributed by atoms with E-state index >= 15 is 0 Å². The number of halogens is 7. The van der Waals surface area contributed by atoms with E-state index in [0.29, 0.717) is 24.3 Å². The lowest BCUT2D eigenvalue weighted by atomic mass is 10.4. The number of thioether (sulfide) groups is 1. The van der Waals surface area contributed by atoms with Crippen LogP contribution >= 0.6 is 11.8 Å². The highest BCUT2D eigenvalue weighted by Crippen LogP contribution is 2.40. The van der Waals surface area contributed by atoms with Gasteiger partial charge in [-0.25, -0.2) is 25.6 Å². The monoisotopic (exact) mass is 420 g/mol. The molecule has 0 spiro atoms. The van der Waals surface area contributed by atoms with Gasteiger partial charge in [0.2, 0.25) is 0 Å². The maximum atomic E-state index is 12.8. The zero-order valence-electron chi connectivity index (χ0n) is 11.1. The van der Waals surface area contributed by atoms with Crippen molar-refractivity contribution in [3.05, 3.63) is 24.3 Å². The second-order valence-electron chi connectivity index (χ2n) is 4.23. The van der Waals surface area contributed by atoms with Crippen LogP contribution in [0.4, 0.5) is 30.7 Å². The van der Waals surface area contributed by atoms with Crippen LogP contribution in [0.1, 0.15) is 0 Å². The van der Waals surface area contributed by atoms with E-state index in [4.69, 9.17) is 0 Å². The van der Waals surface area contributed by atoms with Gasteiger partial charge in [0.05, 0.1) is 4.90 Å². The first-order valence-corrected chi connectivity index (χ1v) is 9.67. The first kappa shape index (κ1) is 21.0. The molecule has 0 aliphatic carbocycles. The summed E-state index contributed by atoms with van der Waals surface area (Å²) in [7, 11) is -10.9. The highest BCUT2D eigenvalue weighted by Gasteiger charge is 2.48. The minimum Gasteiger partial charge on any atom is -0.223 e. The van der Waals surface area contributed by atoms with Crippen molar-refractivity contribution in [3.63, 3.8) is 0 Å². The fourth-order valence-corrected chi connectivity index (χ4v) is 5.19. The molecule has 24 heavy (non-hydrogen) atoms. The summed E-state index contributed by atoms with van der Waals surface area (Å²) >= 11 is -0.586. The van der Waals surface area contributed by atoms with Crippen LogP contribution < -0.4 is 0 Å². The Bertz CT molecular complexity index is 783. The van der Waals surface area contributed by atoms with Crippen molar-refractivity contribution < 1.29 is 47.6 Å². The molecular weight excluding hydrogens is 413 g/mol. The summed E-state index contributed by atoms with van der Waals surface area (Å²) in [4.78, 5) is -1.38. The lowest BCUT2D eigenvalue weighted by molar-refractivity contribution is -0.0563. The second-order valence-corrected chi connectivity index (χ2v) is 9.79. The van der Waals surface area contributed by atoms with Gasteiger partial charge in [-0.3, -0.25) is 0 Å². The van der Waals surface area contributed by atoms with Crippen LogP contribution in [0.5, 0.6) is 0 Å². The quantitative estimate of drug-likeness (QED) is 0.522. The average Bonchev–Trinajstić information content (AvgIpc) is 2.36. The van der Waals surface area contributed by atoms with Crippen molar-refractivity contribution >= 4 is 31.4 Å². The molecular formula is C10H7F7O4S3. The summed E-state index contributed by atoms with van der Waals surface area (Å²) in [6.45, 7) is 0. The van der Waals surface area contributed by atoms with Gasteiger partial charge in [0, 0.05) is 4.90 Å². The Morgan fingerprint density at radius 1 is 0.917 bits per heavy atom. The molecule has 0 heterocycles. The number of benzene rings is 1. The third kappa shape index (κ3) is 4.99. The normalized spacial score (nSPS) is 14.2. The number of hydrogen-bond donors (Lipinski definition) is 0. The highest BCUT2D eigenvalue weighted by molar-refractivity contribution is 8.08. The van der Waals surface area contributed by atoms with E-state index in [2.05, 4.69) is 0 Å². The molecule has 0 radical (unpaired) electrons. The Morgan fingerprint density at radius 2 is 1.38 bits per heavy atom. The van der Waals surface area contributed by atoms with E-state index in [1.54, 1.807) is 0 Å². The van der Waals surface area contributed by atoms with Gasteiger partial charge in [0.25, 0.3) is 9.84 Å². The first-order chi connectivity index (χ1) is 10.6. The molecule has 0 fully saturated rings. The number of hydrogen-bond acceptors (Lipinski definition) is 5. The van der Waals surface area contributed by atoms with Crippen LogP contribution in [0.15, 0.2) is 34.1 Å². The van der Waals surface area contributed by atoms with Crippen LogP contribution in [0, 0.1) is 0 Å². The van der Waals surface area contributed by atoms with Crippen molar-refractivity contribution in [2.24, 2.45) is 0 Å². The molecule has 1 aromatic carbocycles. The summed E-state index contributed by atoms with van der Waals surface area (Å²) < 4.78 is 131. The van der Waals surface area contributed by atoms with E-state index in [0.717, 1.165) is 0 Å². The molecule has 0 amide bonds. The maximum absolute atomic E-state index is 12.8. The van der Waals surface area contributed by atoms with Gasteiger partial charge in [-0.1, -0.05) is 0 Å². The van der Waals surface area contributed by atoms with Crippen molar-refractivity contribution in [2.75, 3.05) is 5.08 Å². The van der Waals surface area contributed by atoms with Crippen molar-refractivity contribution in [1.82, 2.24) is 0 Å². The van der Waals surface area contributed by atoms with Crippen molar-refractivity contribution in [1.29, 1.82) is 0 Å². The predicted octanol–water partition coefficient (Wildman–Crippen LogP) is 3.30. The largest absolute Gasteiger partial charge is 0.498 e. The van der Waals surface area contributed by atoms with Gasteiger partial charge >= 0.3 is 17.2 Å². The molecule has 1 aromatic rings. The number of sulfone groups is 2. The van der Waals surface area contributed by atoms with E-state index in [1.807, 2.05) is 0 Å². The summed E-state index contributed by atoms with van der Waals surface area (Å²) in [5, 5.41) is -6.72. The Morgan fingerprint density at radius 3 is 1.75 bits per heavy atom. The standard InChI is InChI=1S/C10H7F7O4S3/c11-8(12)9(13,14)22-6-1-3-7(4-2-6)23(18,19)5-24(20,21)10(15,16)17/h1-4,8H,5H2. The van der Waals surface area contributed by atoms with Gasteiger partial charge in [0.1, 0.15) is 0 Å². The molecule has 0 aliphatic heterocycles. The fraction of sp³-hybridized carbons (Fsp3) is 0.400. The van der Waals surface area contributed by atoms with Crippen LogP contribution in [0.3, 0.4) is 0 Å². The van der Waals surface area contributed by atoms with Gasteiger partial charge < -0.3 is 0 Å². The highest BCUT2D eigenvalue weighted by atomic mass is 32.3. The molecule has 14 heteroatoms. The van der Waals surface area contributed by atoms with Gasteiger partial charge in [-0.15, -0.1) is 0 Å². The zero-order valence-corrected chi connectivity index (χ0v) is 13.5. The molecule has 0 atom stereocenters. The Hall–Kier alpha value is -1.02. The molecule has 0 saturated heterocycles. The SMILES string of the molecule is O=S(=O)(CS(=O)(=O)C(F)(F)F)c1ccc(SC(F)(F)C(F)F)cc1. The minimum atomic E-state index is -5.97. The third-order valence-corrected chi connectivity index (χ3v) is 7.49. The van der Waals surface area contributed by atoms with Gasteiger partial charge in [-0.2, -0.15) is 22.0 Å². The minimum absolute atomic E-state index is 0.488. The molecule has 0 bridgehead atoms. The number of rotatable bonds is 6. The van der Waals surface area contributed by atoms with Crippen LogP contribution in [0.2, 0.25) is 0 Å². The smallest absolute Gasteiger partial charge is 0.223 e. The molecule has 0 aromatic heterocycles. The third-order valence-electron chi connectivity index (χ3n) is 2.35. The maximum Gasteiger partial charge on any atom is 0.498 e. The summed E-state index contributed by atoms with van der Waals surface area (Å²) in [5.74, 6) is 0. The number of alkyl halides is 7. The first-order valence-electron chi connectivity index (χ1n) is 5.55. The summed E-state index contributed by atoms with van der Waals surface area (Å²) in [5.41, 5.74) is -5.78. The summed E-state index contributed by atoms with van der Waals surface area (Å²) in [6.07, 6.45) is -4.00. The predicted molar refractivity (Wildman–Crippen MR) is 70.3 cm³/mol. The van der Waals surface area contributed by atoms with Crippen molar-refractivity contribution in [2.45, 2.75) is 27.0 Å². The fourth-order valence-electron chi connectivity index (χ4n) is 1.26. The molecule has 0 aliphatic rings. The molecule has 0 N–H and O–H groups in total. The van der Waals surface area contributed by atoms with E-state index < -0.39 is 63.5 Å². The topological polar surface area (TPSA) is 68.3 Å². The second kappa shape index (κ2) is 6.71. The van der Waals surface area contributed by atoms with E-state index in [9.17, 15) is 47.6 Å². The lowest BCUT2D eigenvalue weighted by Gasteiger charge is -2.14. The average molecular weight is 420 g/mol. The Balaban J connectivity index is 3.05. The molecule has 0 saturated carbocycles. The zero-order chi connectivity index (χ0) is 19.0. The lowest BCUT2D eigenvalue weighted by Crippen LogP contribution is -2.30. The Kier molecular flexibility index (Phi) is 5.88. The molecule has 1 rings (SSSR count). The van der Waals surface area contributed by atoms with Crippen molar-refractivity contribution in [3.8, 4) is 0 Å². The molecule has 4 nitrogen and oxygen atoms in total. The molecule has 138 valence electrons. The van der Waals surface area contributed by atoms with E-state index in [-0.39, 0.29) is 0 Å². The Labute approximate surface area is 135 Å². The van der Waals surface area contributed by atoms with Gasteiger partial charge in [0.15, 0.2) is 14.9 Å². The van der Waals surface area contributed by atoms with Crippen LogP contribution in [-0.2, 0) is 19.7 Å². The van der Waals surface area contributed by atoms with Crippen LogP contribution in [0.25, 0.3) is 0 Å². The molecule has 0 unspecified atom stereocenters. The van der Waals surface area contributed by atoms with E-state index in [1.165, 1.54) is 0 Å². The summed E-state index contributed by atoms with van der Waals surface area (Å²) in [6, 6.07) is 2.39. The van der Waals surface area contributed by atoms with Gasteiger partial charge in [-0.05, 0) is 36.0 Å².